The topological polar surface area (TPSA) is 50.4 Å². The van der Waals surface area contributed by atoms with Crippen molar-refractivity contribution < 1.29 is 9.53 Å². The van der Waals surface area contributed by atoms with E-state index in [4.69, 9.17) is 4.74 Å². The molecule has 2 atom stereocenters. The lowest BCUT2D eigenvalue weighted by molar-refractivity contribution is -0.126. The molecule has 0 aliphatic carbocycles. The second kappa shape index (κ2) is 7.29. The van der Waals surface area contributed by atoms with Crippen molar-refractivity contribution in [3.8, 4) is 5.75 Å². The SMILES string of the molecule is COc1ccc(CCNC(=O)[C@H]2CCN[C@@H](C)C2)cc1. The van der Waals surface area contributed by atoms with Crippen LogP contribution in [0.1, 0.15) is 25.3 Å². The van der Waals surface area contributed by atoms with Gasteiger partial charge in [-0.15, -0.1) is 0 Å². The number of piperidine rings is 1. The number of ether oxygens (including phenoxy) is 1. The van der Waals surface area contributed by atoms with Crippen LogP contribution in [0.15, 0.2) is 24.3 Å². The molecule has 0 radical (unpaired) electrons. The molecule has 1 aliphatic rings. The Kier molecular flexibility index (Phi) is 5.41. The predicted octanol–water partition coefficient (Wildman–Crippen LogP) is 1.74. The fourth-order valence-electron chi connectivity index (χ4n) is 2.64. The standard InChI is InChI=1S/C16H24N2O2/c1-12-11-14(8-10-17-12)16(19)18-9-7-13-3-5-15(20-2)6-4-13/h3-6,12,14,17H,7-11H2,1-2H3,(H,18,19)/t12-,14-/m0/s1. The fourth-order valence-corrected chi connectivity index (χ4v) is 2.64. The zero-order valence-corrected chi connectivity index (χ0v) is 12.3. The lowest BCUT2D eigenvalue weighted by Crippen LogP contribution is -2.42. The van der Waals surface area contributed by atoms with Crippen LogP contribution >= 0.6 is 0 Å². The number of nitrogens with one attached hydrogen (secondary N) is 2. The third-order valence-electron chi connectivity index (χ3n) is 3.87. The molecule has 2 rings (SSSR count). The number of carbonyl (C=O) groups is 1. The Morgan fingerprint density at radius 1 is 1.40 bits per heavy atom. The molecule has 1 heterocycles. The number of carbonyl (C=O) groups excluding carboxylic acids is 1. The van der Waals surface area contributed by atoms with Gasteiger partial charge in [-0.05, 0) is 50.4 Å². The molecule has 1 amide bonds. The second-order valence-electron chi connectivity index (χ2n) is 5.47. The summed E-state index contributed by atoms with van der Waals surface area (Å²) >= 11 is 0. The van der Waals surface area contributed by atoms with Crippen LogP contribution in [0.2, 0.25) is 0 Å². The number of amides is 1. The van der Waals surface area contributed by atoms with Crippen LogP contribution in [0.5, 0.6) is 5.75 Å². The Morgan fingerprint density at radius 3 is 2.80 bits per heavy atom. The van der Waals surface area contributed by atoms with Gasteiger partial charge in [0.2, 0.25) is 5.91 Å². The molecule has 20 heavy (non-hydrogen) atoms. The number of hydrogen-bond donors (Lipinski definition) is 2. The third kappa shape index (κ3) is 4.23. The maximum Gasteiger partial charge on any atom is 0.223 e. The van der Waals surface area contributed by atoms with Crippen LogP contribution in [0, 0.1) is 5.92 Å². The van der Waals surface area contributed by atoms with Crippen LogP contribution in [-0.2, 0) is 11.2 Å². The molecule has 1 aliphatic heterocycles. The van der Waals surface area contributed by atoms with Gasteiger partial charge >= 0.3 is 0 Å². The Morgan fingerprint density at radius 2 is 2.15 bits per heavy atom. The molecule has 1 saturated heterocycles. The fraction of sp³-hybridized carbons (Fsp3) is 0.562. The minimum atomic E-state index is 0.169. The van der Waals surface area contributed by atoms with Crippen molar-refractivity contribution >= 4 is 5.91 Å². The second-order valence-corrected chi connectivity index (χ2v) is 5.47. The van der Waals surface area contributed by atoms with Gasteiger partial charge < -0.3 is 15.4 Å². The summed E-state index contributed by atoms with van der Waals surface area (Å²) in [7, 11) is 1.66. The molecule has 0 aromatic heterocycles. The third-order valence-corrected chi connectivity index (χ3v) is 3.87. The van der Waals surface area contributed by atoms with E-state index in [9.17, 15) is 4.79 Å². The van der Waals surface area contributed by atoms with Gasteiger partial charge in [-0.25, -0.2) is 0 Å². The van der Waals surface area contributed by atoms with Gasteiger partial charge in [-0.1, -0.05) is 12.1 Å². The van der Waals surface area contributed by atoms with Crippen molar-refractivity contribution in [1.29, 1.82) is 0 Å². The van der Waals surface area contributed by atoms with Gasteiger partial charge in [0, 0.05) is 18.5 Å². The Labute approximate surface area is 120 Å². The first kappa shape index (κ1) is 14.9. The quantitative estimate of drug-likeness (QED) is 0.861. The van der Waals surface area contributed by atoms with E-state index in [0.29, 0.717) is 12.6 Å². The maximum atomic E-state index is 12.1. The van der Waals surface area contributed by atoms with Gasteiger partial charge in [0.25, 0.3) is 0 Å². The summed E-state index contributed by atoms with van der Waals surface area (Å²) in [6, 6.07) is 8.42. The molecule has 4 heteroatoms. The lowest BCUT2D eigenvalue weighted by atomic mass is 9.92. The molecule has 0 spiro atoms. The zero-order chi connectivity index (χ0) is 14.4. The highest BCUT2D eigenvalue weighted by atomic mass is 16.5. The van der Waals surface area contributed by atoms with E-state index < -0.39 is 0 Å². The highest BCUT2D eigenvalue weighted by molar-refractivity contribution is 5.78. The highest BCUT2D eigenvalue weighted by Crippen LogP contribution is 2.16. The molecule has 1 fully saturated rings. The number of hydrogen-bond acceptors (Lipinski definition) is 3. The van der Waals surface area contributed by atoms with Crippen molar-refractivity contribution in [3.05, 3.63) is 29.8 Å². The van der Waals surface area contributed by atoms with Crippen molar-refractivity contribution in [1.82, 2.24) is 10.6 Å². The summed E-state index contributed by atoms with van der Waals surface area (Å²) in [6.07, 6.45) is 2.74. The minimum absolute atomic E-state index is 0.169. The van der Waals surface area contributed by atoms with Crippen LogP contribution in [0.25, 0.3) is 0 Å². The van der Waals surface area contributed by atoms with E-state index in [2.05, 4.69) is 17.6 Å². The van der Waals surface area contributed by atoms with Gasteiger partial charge in [-0.2, -0.15) is 0 Å². The summed E-state index contributed by atoms with van der Waals surface area (Å²) < 4.78 is 5.13. The Bertz CT molecular complexity index is 431. The molecular weight excluding hydrogens is 252 g/mol. The van der Waals surface area contributed by atoms with E-state index in [0.717, 1.165) is 31.6 Å². The summed E-state index contributed by atoms with van der Waals surface area (Å²) in [5.74, 6) is 1.23. The first-order valence-corrected chi connectivity index (χ1v) is 7.33. The van der Waals surface area contributed by atoms with E-state index in [1.165, 1.54) is 5.56 Å². The highest BCUT2D eigenvalue weighted by Gasteiger charge is 2.24. The average Bonchev–Trinajstić information content (AvgIpc) is 2.48. The van der Waals surface area contributed by atoms with Crippen molar-refractivity contribution in [2.45, 2.75) is 32.2 Å². The smallest absolute Gasteiger partial charge is 0.223 e. The van der Waals surface area contributed by atoms with Crippen molar-refractivity contribution in [3.63, 3.8) is 0 Å². The monoisotopic (exact) mass is 276 g/mol. The number of benzene rings is 1. The number of methoxy groups -OCH3 is 1. The normalized spacial score (nSPS) is 22.3. The Hall–Kier alpha value is -1.55. The number of rotatable bonds is 5. The van der Waals surface area contributed by atoms with Crippen LogP contribution < -0.4 is 15.4 Å². The van der Waals surface area contributed by atoms with Crippen molar-refractivity contribution in [2.24, 2.45) is 5.92 Å². The first-order chi connectivity index (χ1) is 9.69. The molecule has 0 bridgehead atoms. The predicted molar refractivity (Wildman–Crippen MR) is 79.9 cm³/mol. The molecule has 0 unspecified atom stereocenters. The van der Waals surface area contributed by atoms with Gasteiger partial charge in [0.1, 0.15) is 5.75 Å². The first-order valence-electron chi connectivity index (χ1n) is 7.33. The minimum Gasteiger partial charge on any atom is -0.497 e. The van der Waals surface area contributed by atoms with E-state index in [1.807, 2.05) is 24.3 Å². The van der Waals surface area contributed by atoms with Crippen LogP contribution in [-0.4, -0.2) is 32.1 Å². The molecule has 110 valence electrons. The van der Waals surface area contributed by atoms with Crippen LogP contribution in [0.3, 0.4) is 0 Å². The van der Waals surface area contributed by atoms with Gasteiger partial charge in [-0.3, -0.25) is 4.79 Å². The van der Waals surface area contributed by atoms with E-state index in [-0.39, 0.29) is 11.8 Å². The van der Waals surface area contributed by atoms with E-state index in [1.54, 1.807) is 7.11 Å². The molecule has 4 nitrogen and oxygen atoms in total. The average molecular weight is 276 g/mol. The van der Waals surface area contributed by atoms with Gasteiger partial charge in [0.05, 0.1) is 7.11 Å². The molecule has 1 aromatic rings. The summed E-state index contributed by atoms with van der Waals surface area (Å²) in [4.78, 5) is 12.1. The molecular formula is C16H24N2O2. The Balaban J connectivity index is 1.73. The molecule has 0 saturated carbocycles. The largest absolute Gasteiger partial charge is 0.497 e. The summed E-state index contributed by atoms with van der Waals surface area (Å²) in [5.41, 5.74) is 1.21. The molecule has 1 aromatic carbocycles. The summed E-state index contributed by atoms with van der Waals surface area (Å²) in [5, 5.41) is 6.42. The van der Waals surface area contributed by atoms with E-state index >= 15 is 0 Å². The summed E-state index contributed by atoms with van der Waals surface area (Å²) in [6.45, 7) is 3.78. The van der Waals surface area contributed by atoms with Crippen molar-refractivity contribution in [2.75, 3.05) is 20.2 Å². The maximum absolute atomic E-state index is 12.1. The van der Waals surface area contributed by atoms with Gasteiger partial charge in [0.15, 0.2) is 0 Å². The lowest BCUT2D eigenvalue weighted by Gasteiger charge is -2.27. The van der Waals surface area contributed by atoms with Crippen LogP contribution in [0.4, 0.5) is 0 Å². The molecule has 2 N–H and O–H groups in total. The zero-order valence-electron chi connectivity index (χ0n) is 12.3.